The van der Waals surface area contributed by atoms with E-state index in [4.69, 9.17) is 11.6 Å². The fraction of sp³-hybridized carbons (Fsp3) is 0.308. The molecule has 33 heavy (non-hydrogen) atoms. The van der Waals surface area contributed by atoms with E-state index in [-0.39, 0.29) is 28.7 Å². The van der Waals surface area contributed by atoms with Crippen LogP contribution in [0, 0.1) is 17.8 Å². The second kappa shape index (κ2) is 9.32. The Morgan fingerprint density at radius 2 is 1.73 bits per heavy atom. The Balaban J connectivity index is 1.82. The molecule has 1 aliphatic heterocycles. The van der Waals surface area contributed by atoms with Crippen molar-refractivity contribution < 1.29 is 19.2 Å². The van der Waals surface area contributed by atoms with Crippen LogP contribution in [0.4, 0.5) is 0 Å². The number of hydrogen-bond acceptors (Lipinski definition) is 4. The Labute approximate surface area is 197 Å². The van der Waals surface area contributed by atoms with E-state index >= 15 is 0 Å². The number of carbonyl (C=O) groups excluding carboxylic acids is 4. The van der Waals surface area contributed by atoms with E-state index in [1.54, 1.807) is 55.5 Å². The van der Waals surface area contributed by atoms with Gasteiger partial charge in [-0.25, -0.2) is 5.01 Å². The molecule has 0 radical (unpaired) electrons. The predicted molar refractivity (Wildman–Crippen MR) is 124 cm³/mol. The van der Waals surface area contributed by atoms with Crippen molar-refractivity contribution in [3.8, 4) is 0 Å². The third-order valence-corrected chi connectivity index (χ3v) is 6.75. The van der Waals surface area contributed by atoms with Crippen LogP contribution in [0.2, 0.25) is 5.02 Å². The third kappa shape index (κ3) is 4.00. The van der Waals surface area contributed by atoms with Gasteiger partial charge in [0.2, 0.25) is 0 Å². The van der Waals surface area contributed by atoms with Crippen LogP contribution in [0.15, 0.2) is 66.7 Å². The van der Waals surface area contributed by atoms with E-state index in [0.717, 1.165) is 10.0 Å². The number of fused-ring (bicyclic) bond motifs is 1. The van der Waals surface area contributed by atoms with E-state index < -0.39 is 35.6 Å². The van der Waals surface area contributed by atoms with Crippen LogP contribution in [0.1, 0.15) is 47.4 Å². The summed E-state index contributed by atoms with van der Waals surface area (Å²) in [5, 5.41) is 2.15. The van der Waals surface area contributed by atoms with Gasteiger partial charge < -0.3 is 0 Å². The standard InChI is InChI=1S/C26H25ClN2O4/c1-3-21(23(30)17-11-5-4-6-12-17)28(24(31)18-13-7-8-15-20(18)27)29-25(32)19-14-9-10-16(2)22(19)26(29)33/h4-13,15-16,19,21-22H,3,14H2,1-2H3/t16-,19-,21-,22+/m1/s1. The second-order valence-electron chi connectivity index (χ2n) is 8.43. The molecule has 2 aliphatic rings. The molecular formula is C26H25ClN2O4. The summed E-state index contributed by atoms with van der Waals surface area (Å²) in [7, 11) is 0. The molecule has 6 nitrogen and oxygen atoms in total. The number of Topliss-reactive ketones (excluding diaryl/α,β-unsaturated/α-hetero) is 1. The molecule has 0 unspecified atom stereocenters. The first-order valence-corrected chi connectivity index (χ1v) is 11.5. The summed E-state index contributed by atoms with van der Waals surface area (Å²) in [4.78, 5) is 54.3. The first kappa shape index (κ1) is 22.9. The zero-order chi connectivity index (χ0) is 23.7. The highest BCUT2D eigenvalue weighted by Gasteiger charge is 2.54. The number of allylic oxidation sites excluding steroid dienone is 2. The number of halogens is 1. The van der Waals surface area contributed by atoms with Crippen LogP contribution in [0.5, 0.6) is 0 Å². The van der Waals surface area contributed by atoms with Crippen LogP contribution in [0.3, 0.4) is 0 Å². The zero-order valence-electron chi connectivity index (χ0n) is 18.5. The minimum Gasteiger partial charge on any atom is -0.292 e. The Kier molecular flexibility index (Phi) is 6.47. The second-order valence-corrected chi connectivity index (χ2v) is 8.83. The largest absolute Gasteiger partial charge is 0.292 e. The van der Waals surface area contributed by atoms with Gasteiger partial charge in [-0.15, -0.1) is 0 Å². The highest BCUT2D eigenvalue weighted by Crippen LogP contribution is 2.40. The summed E-state index contributed by atoms with van der Waals surface area (Å²) in [5.74, 6) is -3.18. The Hall–Kier alpha value is -3.25. The molecule has 0 aromatic heterocycles. The van der Waals surface area contributed by atoms with Crippen molar-refractivity contribution in [2.24, 2.45) is 17.8 Å². The van der Waals surface area contributed by atoms with Crippen LogP contribution >= 0.6 is 11.6 Å². The average molecular weight is 465 g/mol. The Bertz CT molecular complexity index is 1130. The third-order valence-electron chi connectivity index (χ3n) is 6.42. The maximum atomic E-state index is 13.8. The highest BCUT2D eigenvalue weighted by atomic mass is 35.5. The molecule has 0 bridgehead atoms. The van der Waals surface area contributed by atoms with Gasteiger partial charge in [0.05, 0.1) is 22.4 Å². The number of carbonyl (C=O) groups is 4. The molecule has 7 heteroatoms. The van der Waals surface area contributed by atoms with E-state index in [0.29, 0.717) is 12.0 Å². The molecule has 1 heterocycles. The monoisotopic (exact) mass is 464 g/mol. The molecule has 3 amide bonds. The van der Waals surface area contributed by atoms with Crippen LogP contribution in [0.25, 0.3) is 0 Å². The lowest BCUT2D eigenvalue weighted by Gasteiger charge is -2.36. The molecule has 1 aliphatic carbocycles. The maximum absolute atomic E-state index is 13.8. The number of imide groups is 1. The van der Waals surface area contributed by atoms with Gasteiger partial charge >= 0.3 is 0 Å². The summed E-state index contributed by atoms with van der Waals surface area (Å²) in [6, 6.07) is 13.9. The highest BCUT2D eigenvalue weighted by molar-refractivity contribution is 6.34. The molecule has 0 saturated carbocycles. The predicted octanol–water partition coefficient (Wildman–Crippen LogP) is 4.56. The zero-order valence-corrected chi connectivity index (χ0v) is 19.2. The quantitative estimate of drug-likeness (QED) is 0.357. The van der Waals surface area contributed by atoms with Gasteiger partial charge in [-0.3, -0.25) is 19.2 Å². The summed E-state index contributed by atoms with van der Waals surface area (Å²) in [6.07, 6.45) is 4.45. The molecule has 1 fully saturated rings. The fourth-order valence-electron chi connectivity index (χ4n) is 4.74. The number of ketones is 1. The molecule has 2 aromatic rings. The van der Waals surface area contributed by atoms with Crippen LogP contribution in [-0.2, 0) is 9.59 Å². The minimum atomic E-state index is -1.05. The van der Waals surface area contributed by atoms with Gasteiger partial charge in [-0.05, 0) is 30.9 Å². The average Bonchev–Trinajstić information content (AvgIpc) is 3.08. The van der Waals surface area contributed by atoms with Crippen molar-refractivity contribution in [1.29, 1.82) is 0 Å². The lowest BCUT2D eigenvalue weighted by Crippen LogP contribution is -2.57. The number of amides is 3. The SMILES string of the molecule is CC[C@H](C(=O)c1ccccc1)N(C(=O)c1ccccc1Cl)N1C(=O)[C@H]2[C@H](C)C=CC[C@H]2C1=O. The molecule has 0 N–H and O–H groups in total. The molecular weight excluding hydrogens is 440 g/mol. The van der Waals surface area contributed by atoms with E-state index in [9.17, 15) is 19.2 Å². The van der Waals surface area contributed by atoms with Gasteiger partial charge in [0.1, 0.15) is 6.04 Å². The van der Waals surface area contributed by atoms with Gasteiger partial charge in [0, 0.05) is 5.56 Å². The van der Waals surface area contributed by atoms with Crippen LogP contribution < -0.4 is 0 Å². The van der Waals surface area contributed by atoms with Crippen molar-refractivity contribution in [1.82, 2.24) is 10.0 Å². The lowest BCUT2D eigenvalue weighted by atomic mass is 9.78. The Morgan fingerprint density at radius 1 is 1.06 bits per heavy atom. The normalized spacial score (nSPS) is 22.8. The molecule has 4 rings (SSSR count). The fourth-order valence-corrected chi connectivity index (χ4v) is 4.95. The summed E-state index contributed by atoms with van der Waals surface area (Å²) >= 11 is 6.30. The smallest absolute Gasteiger partial charge is 0.275 e. The number of hydrazine groups is 1. The molecule has 0 spiro atoms. The van der Waals surface area contributed by atoms with Gasteiger partial charge in [0.15, 0.2) is 5.78 Å². The van der Waals surface area contributed by atoms with Crippen molar-refractivity contribution in [3.63, 3.8) is 0 Å². The summed E-state index contributed by atoms with van der Waals surface area (Å²) in [5.41, 5.74) is 0.521. The molecule has 1 saturated heterocycles. The number of rotatable bonds is 6. The maximum Gasteiger partial charge on any atom is 0.275 e. The first-order chi connectivity index (χ1) is 15.9. The topological polar surface area (TPSA) is 74.8 Å². The summed E-state index contributed by atoms with van der Waals surface area (Å²) in [6.45, 7) is 3.63. The number of hydrogen-bond donors (Lipinski definition) is 0. The number of benzene rings is 2. The van der Waals surface area contributed by atoms with Crippen molar-refractivity contribution >= 4 is 35.1 Å². The van der Waals surface area contributed by atoms with Crippen LogP contribution in [-0.4, -0.2) is 39.6 Å². The summed E-state index contributed by atoms with van der Waals surface area (Å²) < 4.78 is 0. The molecule has 4 atom stereocenters. The first-order valence-electron chi connectivity index (χ1n) is 11.1. The van der Waals surface area contributed by atoms with Gasteiger partial charge in [-0.2, -0.15) is 5.01 Å². The van der Waals surface area contributed by atoms with Crippen molar-refractivity contribution in [2.75, 3.05) is 0 Å². The van der Waals surface area contributed by atoms with E-state index in [1.165, 1.54) is 6.07 Å². The van der Waals surface area contributed by atoms with Gasteiger partial charge in [0.25, 0.3) is 17.7 Å². The Morgan fingerprint density at radius 3 is 2.36 bits per heavy atom. The number of nitrogens with zero attached hydrogens (tertiary/aromatic N) is 2. The van der Waals surface area contributed by atoms with Crippen molar-refractivity contribution in [2.45, 2.75) is 32.7 Å². The molecule has 170 valence electrons. The lowest BCUT2D eigenvalue weighted by molar-refractivity contribution is -0.156. The minimum absolute atomic E-state index is 0.125. The van der Waals surface area contributed by atoms with E-state index in [2.05, 4.69) is 0 Å². The van der Waals surface area contributed by atoms with Crippen molar-refractivity contribution in [3.05, 3.63) is 82.9 Å². The molecule has 2 aromatic carbocycles. The van der Waals surface area contributed by atoms with Gasteiger partial charge in [-0.1, -0.05) is 80.1 Å². The van der Waals surface area contributed by atoms with E-state index in [1.807, 2.05) is 19.1 Å².